The van der Waals surface area contributed by atoms with Gasteiger partial charge >= 0.3 is 5.97 Å². The number of carbonyl (C=O) groups is 2. The topological polar surface area (TPSA) is 151 Å². The Bertz CT molecular complexity index is 1840. The fourth-order valence-corrected chi connectivity index (χ4v) is 4.49. The molecule has 40 heavy (non-hydrogen) atoms. The van der Waals surface area contributed by atoms with E-state index in [2.05, 4.69) is 20.3 Å². The SMILES string of the molecule is CC(c1nc2cc(C(=O)NCCOc3ccccc3C(=O)O)ccc2[nH]1)c1nc2cc(-n3ccnc3)ccc2[nH]1. The number of fused-ring (bicyclic) bond motifs is 2. The highest BCUT2D eigenvalue weighted by Crippen LogP contribution is 2.26. The predicted molar refractivity (Wildman–Crippen MR) is 148 cm³/mol. The van der Waals surface area contributed by atoms with Gasteiger partial charge in [-0.25, -0.2) is 19.7 Å². The standard InChI is InChI=1S/C29H25N7O4/c1-17(27-33-22-9-7-19(15-24(22)35-27)36-12-10-30-16-36)26-32-21-8-6-18(14-23(21)34-26)28(37)31-11-13-40-25-5-3-2-4-20(25)29(38)39/h2-10,12,14-17H,11,13H2,1H3,(H,31,37)(H,32,34)(H,33,35)(H,38,39). The molecule has 0 fully saturated rings. The molecule has 11 nitrogen and oxygen atoms in total. The van der Waals surface area contributed by atoms with Crippen molar-refractivity contribution in [2.24, 2.45) is 0 Å². The number of aromatic carboxylic acids is 1. The fraction of sp³-hybridized carbons (Fsp3) is 0.138. The Kier molecular flexibility index (Phi) is 6.44. The van der Waals surface area contributed by atoms with E-state index in [9.17, 15) is 14.7 Å². The van der Waals surface area contributed by atoms with Gasteiger partial charge < -0.3 is 29.7 Å². The van der Waals surface area contributed by atoms with Crippen molar-refractivity contribution < 1.29 is 19.4 Å². The van der Waals surface area contributed by atoms with Gasteiger partial charge in [-0.05, 0) is 55.5 Å². The summed E-state index contributed by atoms with van der Waals surface area (Å²) in [6.07, 6.45) is 5.36. The lowest BCUT2D eigenvalue weighted by molar-refractivity contribution is 0.0691. The van der Waals surface area contributed by atoms with Crippen molar-refractivity contribution in [3.05, 3.63) is 102 Å². The summed E-state index contributed by atoms with van der Waals surface area (Å²) in [5.74, 6) is 0.277. The van der Waals surface area contributed by atoms with Crippen molar-refractivity contribution in [3.63, 3.8) is 0 Å². The Hall–Kier alpha value is -5.45. The summed E-state index contributed by atoms with van der Waals surface area (Å²) >= 11 is 0. The molecular weight excluding hydrogens is 510 g/mol. The summed E-state index contributed by atoms with van der Waals surface area (Å²) in [4.78, 5) is 44.4. The predicted octanol–water partition coefficient (Wildman–Crippen LogP) is 4.28. The van der Waals surface area contributed by atoms with E-state index >= 15 is 0 Å². The maximum atomic E-state index is 12.7. The molecular formula is C29H25N7O4. The molecule has 0 saturated heterocycles. The zero-order valence-electron chi connectivity index (χ0n) is 21.5. The monoisotopic (exact) mass is 535 g/mol. The Labute approximate surface area is 227 Å². The number of carboxylic acids is 1. The van der Waals surface area contributed by atoms with Crippen LogP contribution in [0, 0.1) is 0 Å². The van der Waals surface area contributed by atoms with E-state index in [1.807, 2.05) is 42.0 Å². The maximum absolute atomic E-state index is 12.7. The molecule has 3 heterocycles. The van der Waals surface area contributed by atoms with E-state index < -0.39 is 5.97 Å². The lowest BCUT2D eigenvalue weighted by Gasteiger charge is -2.10. The van der Waals surface area contributed by atoms with Gasteiger partial charge in [0, 0.05) is 23.6 Å². The quantitative estimate of drug-likeness (QED) is 0.202. The largest absolute Gasteiger partial charge is 0.491 e. The summed E-state index contributed by atoms with van der Waals surface area (Å²) in [5.41, 5.74) is 4.76. The molecule has 1 atom stereocenters. The van der Waals surface area contributed by atoms with Gasteiger partial charge in [0.2, 0.25) is 0 Å². The first kappa shape index (κ1) is 24.9. The summed E-state index contributed by atoms with van der Waals surface area (Å²) in [6.45, 7) is 2.36. The number of amides is 1. The minimum atomic E-state index is -1.07. The van der Waals surface area contributed by atoms with Gasteiger partial charge in [0.25, 0.3) is 5.91 Å². The normalized spacial score (nSPS) is 12.0. The number of nitrogens with one attached hydrogen (secondary N) is 3. The summed E-state index contributed by atoms with van der Waals surface area (Å²) in [6, 6.07) is 17.7. The number of rotatable bonds is 9. The Morgan fingerprint density at radius 2 is 1.73 bits per heavy atom. The minimum Gasteiger partial charge on any atom is -0.491 e. The molecule has 6 rings (SSSR count). The average Bonchev–Trinajstić information content (AvgIpc) is 3.73. The second-order valence-corrected chi connectivity index (χ2v) is 9.27. The highest BCUT2D eigenvalue weighted by atomic mass is 16.5. The third-order valence-electron chi connectivity index (χ3n) is 6.63. The van der Waals surface area contributed by atoms with Crippen molar-refractivity contribution in [3.8, 4) is 11.4 Å². The van der Waals surface area contributed by atoms with Crippen molar-refractivity contribution in [1.82, 2.24) is 34.8 Å². The van der Waals surface area contributed by atoms with Crippen LogP contribution in [0.4, 0.5) is 0 Å². The van der Waals surface area contributed by atoms with Crippen molar-refractivity contribution in [2.75, 3.05) is 13.2 Å². The van der Waals surface area contributed by atoms with Gasteiger partial charge in [0.15, 0.2) is 0 Å². The highest BCUT2D eigenvalue weighted by molar-refractivity contribution is 5.97. The van der Waals surface area contributed by atoms with Crippen LogP contribution in [-0.2, 0) is 0 Å². The van der Waals surface area contributed by atoms with Gasteiger partial charge in [0.05, 0.1) is 40.9 Å². The Morgan fingerprint density at radius 1 is 1.00 bits per heavy atom. The molecule has 1 unspecified atom stereocenters. The first-order valence-corrected chi connectivity index (χ1v) is 12.7. The number of carbonyl (C=O) groups excluding carboxylic acids is 1. The molecule has 1 amide bonds. The van der Waals surface area contributed by atoms with E-state index in [4.69, 9.17) is 14.7 Å². The van der Waals surface area contributed by atoms with Crippen LogP contribution in [0.2, 0.25) is 0 Å². The molecule has 6 aromatic rings. The van der Waals surface area contributed by atoms with E-state index in [0.717, 1.165) is 33.9 Å². The number of imidazole rings is 3. The van der Waals surface area contributed by atoms with E-state index in [1.54, 1.807) is 42.9 Å². The second-order valence-electron chi connectivity index (χ2n) is 9.27. The lowest BCUT2D eigenvalue weighted by Crippen LogP contribution is -2.28. The second kappa shape index (κ2) is 10.4. The molecule has 0 saturated carbocycles. The molecule has 0 aliphatic heterocycles. The number of ether oxygens (including phenoxy) is 1. The first-order chi connectivity index (χ1) is 19.5. The summed E-state index contributed by atoms with van der Waals surface area (Å²) in [5, 5.41) is 12.1. The first-order valence-electron chi connectivity index (χ1n) is 12.7. The third-order valence-corrected chi connectivity index (χ3v) is 6.63. The molecule has 4 N–H and O–H groups in total. The van der Waals surface area contributed by atoms with E-state index in [-0.39, 0.29) is 36.3 Å². The van der Waals surface area contributed by atoms with Crippen molar-refractivity contribution in [2.45, 2.75) is 12.8 Å². The van der Waals surface area contributed by atoms with Crippen LogP contribution in [0.15, 0.2) is 79.4 Å². The van der Waals surface area contributed by atoms with Crippen LogP contribution in [0.5, 0.6) is 5.75 Å². The van der Waals surface area contributed by atoms with Gasteiger partial charge in [-0.1, -0.05) is 12.1 Å². The Morgan fingerprint density at radius 3 is 2.45 bits per heavy atom. The van der Waals surface area contributed by atoms with Crippen LogP contribution in [-0.4, -0.2) is 59.6 Å². The third kappa shape index (κ3) is 4.87. The molecule has 0 spiro atoms. The van der Waals surface area contributed by atoms with E-state index in [1.165, 1.54) is 6.07 Å². The van der Waals surface area contributed by atoms with Crippen LogP contribution in [0.1, 0.15) is 45.2 Å². The number of para-hydroxylation sites is 1. The van der Waals surface area contributed by atoms with Gasteiger partial charge in [-0.15, -0.1) is 0 Å². The number of aromatic nitrogens is 6. The average molecular weight is 536 g/mol. The number of benzene rings is 3. The number of carboxylic acid groups (broad SMARTS) is 1. The van der Waals surface area contributed by atoms with Gasteiger partial charge in [-0.2, -0.15) is 0 Å². The number of nitrogens with zero attached hydrogens (tertiary/aromatic N) is 4. The number of hydrogen-bond donors (Lipinski definition) is 4. The fourth-order valence-electron chi connectivity index (χ4n) is 4.49. The van der Waals surface area contributed by atoms with Crippen molar-refractivity contribution in [1.29, 1.82) is 0 Å². The molecule has 11 heteroatoms. The number of aromatic amines is 2. The minimum absolute atomic E-state index is 0.0738. The zero-order valence-corrected chi connectivity index (χ0v) is 21.5. The van der Waals surface area contributed by atoms with Crippen LogP contribution >= 0.6 is 0 Å². The van der Waals surface area contributed by atoms with Gasteiger partial charge in [0.1, 0.15) is 29.6 Å². The molecule has 0 aliphatic rings. The molecule has 0 aliphatic carbocycles. The number of hydrogen-bond acceptors (Lipinski definition) is 6. The molecule has 3 aromatic heterocycles. The molecule has 0 bridgehead atoms. The van der Waals surface area contributed by atoms with Crippen molar-refractivity contribution >= 4 is 33.9 Å². The Balaban J connectivity index is 1.13. The smallest absolute Gasteiger partial charge is 0.339 e. The molecule has 3 aromatic carbocycles. The lowest BCUT2D eigenvalue weighted by atomic mass is 10.1. The van der Waals surface area contributed by atoms with E-state index in [0.29, 0.717) is 11.1 Å². The summed E-state index contributed by atoms with van der Waals surface area (Å²) < 4.78 is 7.47. The molecule has 0 radical (unpaired) electrons. The highest BCUT2D eigenvalue weighted by Gasteiger charge is 2.18. The molecule has 200 valence electrons. The van der Waals surface area contributed by atoms with Crippen LogP contribution in [0.25, 0.3) is 27.8 Å². The number of H-pyrrole nitrogens is 2. The van der Waals surface area contributed by atoms with Crippen LogP contribution < -0.4 is 10.1 Å². The van der Waals surface area contributed by atoms with Gasteiger partial charge in [-0.3, -0.25) is 4.79 Å². The zero-order chi connectivity index (χ0) is 27.6. The van der Waals surface area contributed by atoms with Crippen LogP contribution in [0.3, 0.4) is 0 Å². The maximum Gasteiger partial charge on any atom is 0.339 e. The summed E-state index contributed by atoms with van der Waals surface area (Å²) in [7, 11) is 0.